The molecule has 0 unspecified atom stereocenters. The fourth-order valence-corrected chi connectivity index (χ4v) is 6.34. The Morgan fingerprint density at radius 2 is 1.49 bits per heavy atom. The molecule has 1 aromatic heterocycles. The topological polar surface area (TPSA) is 38.3 Å². The van der Waals surface area contributed by atoms with Crippen molar-refractivity contribution >= 4 is 33.9 Å². The number of hydrogen-bond donors (Lipinski definition) is 1. The van der Waals surface area contributed by atoms with Crippen LogP contribution >= 0.6 is 23.1 Å². The predicted octanol–water partition coefficient (Wildman–Crippen LogP) is 9.24. The van der Waals surface area contributed by atoms with Crippen LogP contribution in [0.1, 0.15) is 93.8 Å². The van der Waals surface area contributed by atoms with Crippen LogP contribution in [0, 0.1) is 5.92 Å². The van der Waals surface area contributed by atoms with E-state index in [1.54, 1.807) is 18.4 Å². The highest BCUT2D eigenvalue weighted by atomic mass is 32.2. The number of carbonyl (C=O) groups is 1. The molecule has 188 valence electrons. The molecule has 1 N–H and O–H groups in total. The second kappa shape index (κ2) is 12.1. The van der Waals surface area contributed by atoms with Crippen molar-refractivity contribution in [3.8, 4) is 5.75 Å². The second-order valence-corrected chi connectivity index (χ2v) is 12.1. The van der Waals surface area contributed by atoms with Crippen LogP contribution < -0.4 is 10.1 Å². The number of benzene rings is 2. The summed E-state index contributed by atoms with van der Waals surface area (Å²) in [6, 6.07) is 16.6. The van der Waals surface area contributed by atoms with Gasteiger partial charge in [-0.1, -0.05) is 78.4 Å². The number of nitrogens with one attached hydrogen (secondary N) is 1. The van der Waals surface area contributed by atoms with Crippen LogP contribution in [-0.4, -0.2) is 12.2 Å². The lowest BCUT2D eigenvalue weighted by molar-refractivity contribution is -0.114. The summed E-state index contributed by atoms with van der Waals surface area (Å²) in [5, 5.41) is 5.87. The minimum atomic E-state index is -0.217. The van der Waals surface area contributed by atoms with Gasteiger partial charge >= 0.3 is 0 Å². The molecule has 0 aliphatic rings. The van der Waals surface area contributed by atoms with Crippen molar-refractivity contribution in [3.05, 3.63) is 75.5 Å². The maximum absolute atomic E-state index is 13.8. The molecule has 0 saturated carbocycles. The summed E-state index contributed by atoms with van der Waals surface area (Å²) >= 11 is 3.11. The molecule has 0 amide bonds. The van der Waals surface area contributed by atoms with E-state index < -0.39 is 0 Å². The Hall–Kier alpha value is -2.24. The predicted molar refractivity (Wildman–Crippen MR) is 152 cm³/mol. The number of hydrogen-bond acceptors (Lipinski definition) is 5. The Labute approximate surface area is 219 Å². The van der Waals surface area contributed by atoms with Gasteiger partial charge in [0.15, 0.2) is 5.12 Å². The minimum absolute atomic E-state index is 0.108. The Morgan fingerprint density at radius 1 is 0.886 bits per heavy atom. The molecule has 2 aromatic carbocycles. The average Bonchev–Trinajstić information content (AvgIpc) is 3.36. The lowest BCUT2D eigenvalue weighted by Gasteiger charge is -2.26. The fourth-order valence-electron chi connectivity index (χ4n) is 4.11. The van der Waals surface area contributed by atoms with E-state index in [1.807, 2.05) is 37.3 Å². The molecule has 35 heavy (non-hydrogen) atoms. The molecule has 0 bridgehead atoms. The zero-order valence-corrected chi connectivity index (χ0v) is 23.8. The zero-order chi connectivity index (χ0) is 25.7. The molecule has 3 nitrogen and oxygen atoms in total. The molecule has 0 aliphatic heterocycles. The quantitative estimate of drug-likeness (QED) is 0.276. The first-order valence-corrected chi connectivity index (χ1v) is 14.1. The summed E-state index contributed by atoms with van der Waals surface area (Å²) in [5.41, 5.74) is 4.88. The van der Waals surface area contributed by atoms with Gasteiger partial charge in [0.2, 0.25) is 0 Å². The van der Waals surface area contributed by atoms with Crippen molar-refractivity contribution in [2.45, 2.75) is 77.2 Å². The van der Waals surface area contributed by atoms with E-state index in [0.717, 1.165) is 21.2 Å². The van der Waals surface area contributed by atoms with E-state index in [-0.39, 0.29) is 17.1 Å². The number of thioether (sulfide) groups is 1. The third-order valence-corrected chi connectivity index (χ3v) is 8.62. The molecule has 0 aliphatic carbocycles. The van der Waals surface area contributed by atoms with Gasteiger partial charge in [-0.05, 0) is 70.2 Å². The lowest BCUT2D eigenvalue weighted by Crippen LogP contribution is -2.23. The Balaban J connectivity index is 1.94. The van der Waals surface area contributed by atoms with E-state index in [0.29, 0.717) is 17.8 Å². The number of anilines is 1. The molecular weight excluding hydrogens is 470 g/mol. The van der Waals surface area contributed by atoms with Gasteiger partial charge in [0.1, 0.15) is 5.75 Å². The van der Waals surface area contributed by atoms with Gasteiger partial charge in [0.25, 0.3) is 0 Å². The maximum atomic E-state index is 13.8. The van der Waals surface area contributed by atoms with E-state index in [2.05, 4.69) is 70.4 Å². The Kier molecular flexibility index (Phi) is 9.48. The molecule has 0 radical (unpaired) electrons. The van der Waals surface area contributed by atoms with Crippen molar-refractivity contribution in [1.82, 2.24) is 0 Å². The van der Waals surface area contributed by atoms with E-state index in [1.165, 1.54) is 28.5 Å². The average molecular weight is 510 g/mol. The summed E-state index contributed by atoms with van der Waals surface area (Å²) in [7, 11) is 1.67. The molecule has 5 heteroatoms. The first-order valence-electron chi connectivity index (χ1n) is 12.5. The van der Waals surface area contributed by atoms with Crippen molar-refractivity contribution in [2.75, 3.05) is 12.4 Å². The van der Waals surface area contributed by atoms with Gasteiger partial charge < -0.3 is 10.1 Å². The highest BCUT2D eigenvalue weighted by Gasteiger charge is 2.29. The molecule has 0 fully saturated rings. The van der Waals surface area contributed by atoms with Crippen LogP contribution in [0.4, 0.5) is 5.69 Å². The van der Waals surface area contributed by atoms with E-state index in [4.69, 9.17) is 4.74 Å². The Morgan fingerprint density at radius 3 is 1.94 bits per heavy atom. The van der Waals surface area contributed by atoms with Crippen LogP contribution in [0.5, 0.6) is 5.75 Å². The lowest BCUT2D eigenvalue weighted by atomic mass is 9.89. The maximum Gasteiger partial charge on any atom is 0.198 e. The first-order chi connectivity index (χ1) is 16.6. The number of ether oxygens (including phenoxy) is 1. The van der Waals surface area contributed by atoms with Crippen molar-refractivity contribution in [1.29, 1.82) is 0 Å². The van der Waals surface area contributed by atoms with Gasteiger partial charge in [-0.2, -0.15) is 0 Å². The summed E-state index contributed by atoms with van der Waals surface area (Å²) in [6.45, 7) is 15.4. The molecule has 3 aromatic rings. The number of methoxy groups -OCH3 is 1. The number of rotatable bonds is 10. The standard InChI is InChI=1S/C30H39NO2S2/c1-18(2)22-16-25(19(3)4)29(26(17-22)20(5)6)35-30(32)21(7)28(27-10-9-15-34-27)31-23-11-13-24(33-8)14-12-23/h9-21,28,31H,1-8H3/t21-,28+/m1/s1. The van der Waals surface area contributed by atoms with Crippen LogP contribution in [0.15, 0.2) is 58.8 Å². The Bertz CT molecular complexity index is 1070. The second-order valence-electron chi connectivity index (χ2n) is 10.1. The van der Waals surface area contributed by atoms with Gasteiger partial charge in [-0.15, -0.1) is 11.3 Å². The zero-order valence-electron chi connectivity index (χ0n) is 22.2. The summed E-state index contributed by atoms with van der Waals surface area (Å²) in [6.07, 6.45) is 0. The van der Waals surface area contributed by atoms with Crippen LogP contribution in [0.25, 0.3) is 0 Å². The number of thiophene rings is 1. The molecule has 1 heterocycles. The molecular formula is C30H39NO2S2. The monoisotopic (exact) mass is 509 g/mol. The van der Waals surface area contributed by atoms with Gasteiger partial charge in [-0.25, -0.2) is 0 Å². The largest absolute Gasteiger partial charge is 0.497 e. The first kappa shape index (κ1) is 27.3. The van der Waals surface area contributed by atoms with Crippen LogP contribution in [-0.2, 0) is 4.79 Å². The third-order valence-electron chi connectivity index (χ3n) is 6.42. The summed E-state index contributed by atoms with van der Waals surface area (Å²) < 4.78 is 5.30. The third kappa shape index (κ3) is 6.71. The van der Waals surface area contributed by atoms with Gasteiger partial charge in [0.05, 0.1) is 19.1 Å². The van der Waals surface area contributed by atoms with Crippen LogP contribution in [0.2, 0.25) is 0 Å². The fraction of sp³-hybridized carbons (Fsp3) is 0.433. The minimum Gasteiger partial charge on any atom is -0.497 e. The van der Waals surface area contributed by atoms with Crippen LogP contribution in [0.3, 0.4) is 0 Å². The highest BCUT2D eigenvalue weighted by Crippen LogP contribution is 2.41. The summed E-state index contributed by atoms with van der Waals surface area (Å²) in [4.78, 5) is 16.1. The number of carbonyl (C=O) groups excluding carboxylic acids is 1. The van der Waals surface area contributed by atoms with E-state index in [9.17, 15) is 4.79 Å². The van der Waals surface area contributed by atoms with Crippen molar-refractivity contribution < 1.29 is 9.53 Å². The highest BCUT2D eigenvalue weighted by molar-refractivity contribution is 8.13. The van der Waals surface area contributed by atoms with Gasteiger partial charge in [-0.3, -0.25) is 4.79 Å². The van der Waals surface area contributed by atoms with Gasteiger partial charge in [0, 0.05) is 15.5 Å². The molecule has 0 spiro atoms. The van der Waals surface area contributed by atoms with Crippen molar-refractivity contribution in [2.24, 2.45) is 5.92 Å². The molecule has 3 rings (SSSR count). The molecule has 0 saturated heterocycles. The molecule has 2 atom stereocenters. The normalized spacial score (nSPS) is 13.3. The smallest absolute Gasteiger partial charge is 0.198 e. The van der Waals surface area contributed by atoms with Crippen molar-refractivity contribution in [3.63, 3.8) is 0 Å². The van der Waals surface area contributed by atoms with E-state index >= 15 is 0 Å². The SMILES string of the molecule is COc1ccc(N[C@H](c2cccs2)[C@@H](C)C(=O)Sc2c(C(C)C)cc(C(C)C)cc2C(C)C)cc1. The summed E-state index contributed by atoms with van der Waals surface area (Å²) in [5.74, 6) is 1.75.